The Labute approximate surface area is 168 Å². The molecule has 0 N–H and O–H groups in total. The molecule has 0 spiro atoms. The molecule has 28 heavy (non-hydrogen) atoms. The maximum atomic E-state index is 5.47. The van der Waals surface area contributed by atoms with Gasteiger partial charge in [0.15, 0.2) is 5.82 Å². The number of hydrogen-bond acceptors (Lipinski definition) is 6. The van der Waals surface area contributed by atoms with Crippen LogP contribution in [0, 0.1) is 6.92 Å². The van der Waals surface area contributed by atoms with Crippen molar-refractivity contribution in [2.24, 2.45) is 4.99 Å². The van der Waals surface area contributed by atoms with Crippen LogP contribution in [0.1, 0.15) is 22.8 Å². The fraction of sp³-hybridized carbons (Fsp3) is 0.286. The second kappa shape index (κ2) is 8.16. The summed E-state index contributed by atoms with van der Waals surface area (Å²) in [4.78, 5) is 6.10. The van der Waals surface area contributed by atoms with E-state index in [9.17, 15) is 0 Å². The van der Waals surface area contributed by atoms with Crippen LogP contribution in [0.3, 0.4) is 0 Å². The summed E-state index contributed by atoms with van der Waals surface area (Å²) in [6.45, 7) is 3.18. The lowest BCUT2D eigenvalue weighted by atomic mass is 10.00. The van der Waals surface area contributed by atoms with Gasteiger partial charge in [0.05, 0.1) is 25.1 Å². The largest absolute Gasteiger partial charge is 0.497 e. The highest BCUT2D eigenvalue weighted by Gasteiger charge is 2.22. The fourth-order valence-corrected chi connectivity index (χ4v) is 4.10. The molecule has 0 bridgehead atoms. The molecule has 1 aromatic heterocycles. The van der Waals surface area contributed by atoms with Gasteiger partial charge >= 0.3 is 0 Å². The highest BCUT2D eigenvalue weighted by atomic mass is 32.2. The molecule has 6 nitrogen and oxygen atoms in total. The Balaban J connectivity index is 1.75. The number of aromatic nitrogens is 3. The van der Waals surface area contributed by atoms with E-state index in [2.05, 4.69) is 39.0 Å². The topological polar surface area (TPSA) is 61.5 Å². The number of hydrogen-bond donors (Lipinski definition) is 0. The lowest BCUT2D eigenvalue weighted by molar-refractivity contribution is 0.218. The van der Waals surface area contributed by atoms with Crippen molar-refractivity contribution in [2.75, 3.05) is 26.6 Å². The average Bonchev–Trinajstić information content (AvgIpc) is 3.00. The van der Waals surface area contributed by atoms with Gasteiger partial charge in [0, 0.05) is 28.9 Å². The van der Waals surface area contributed by atoms with Gasteiger partial charge in [-0.05, 0) is 37.3 Å². The van der Waals surface area contributed by atoms with Crippen molar-refractivity contribution < 1.29 is 9.47 Å². The van der Waals surface area contributed by atoms with Crippen molar-refractivity contribution in [3.8, 4) is 11.4 Å². The first-order chi connectivity index (χ1) is 13.7. The molecular formula is C21H22N4O2S. The van der Waals surface area contributed by atoms with E-state index in [1.807, 2.05) is 25.1 Å². The predicted molar refractivity (Wildman–Crippen MR) is 111 cm³/mol. The molecule has 144 valence electrons. The first kappa shape index (κ1) is 18.7. The zero-order valence-corrected chi connectivity index (χ0v) is 17.0. The minimum atomic E-state index is 0.484. The Hall–Kier alpha value is -2.64. The Morgan fingerprint density at radius 2 is 1.89 bits per heavy atom. The Bertz CT molecular complexity index is 1010. The summed E-state index contributed by atoms with van der Waals surface area (Å²) in [6.07, 6.45) is 0. The van der Waals surface area contributed by atoms with E-state index < -0.39 is 0 Å². The summed E-state index contributed by atoms with van der Waals surface area (Å²) in [7, 11) is 3.40. The van der Waals surface area contributed by atoms with Crippen LogP contribution in [0.15, 0.2) is 52.4 Å². The molecule has 2 aromatic carbocycles. The van der Waals surface area contributed by atoms with E-state index >= 15 is 0 Å². The molecule has 0 saturated heterocycles. The van der Waals surface area contributed by atoms with Gasteiger partial charge in [0.2, 0.25) is 0 Å². The molecule has 0 atom stereocenters. The van der Waals surface area contributed by atoms with E-state index in [0.29, 0.717) is 6.54 Å². The van der Waals surface area contributed by atoms with Crippen LogP contribution in [-0.4, -0.2) is 47.1 Å². The second-order valence-electron chi connectivity index (χ2n) is 6.41. The molecule has 7 heteroatoms. The van der Waals surface area contributed by atoms with Gasteiger partial charge in [-0.1, -0.05) is 12.1 Å². The molecule has 3 aromatic rings. The minimum Gasteiger partial charge on any atom is -0.497 e. The second-order valence-corrected chi connectivity index (χ2v) is 7.58. The lowest BCUT2D eigenvalue weighted by Crippen LogP contribution is -2.08. The number of benzene rings is 2. The number of fused-ring (bicyclic) bond motifs is 3. The van der Waals surface area contributed by atoms with Gasteiger partial charge in [-0.3, -0.25) is 9.56 Å². The van der Waals surface area contributed by atoms with Crippen LogP contribution in [0.25, 0.3) is 5.69 Å². The van der Waals surface area contributed by atoms with Crippen LogP contribution in [0.4, 0.5) is 0 Å². The number of nitrogens with zero attached hydrogens (tertiary/aromatic N) is 4. The van der Waals surface area contributed by atoms with Crippen molar-refractivity contribution in [3.05, 3.63) is 65.2 Å². The zero-order chi connectivity index (χ0) is 19.5. The molecule has 1 aliphatic heterocycles. The minimum absolute atomic E-state index is 0.484. The Kier molecular flexibility index (Phi) is 5.45. The summed E-state index contributed by atoms with van der Waals surface area (Å²) in [6, 6.07) is 14.5. The van der Waals surface area contributed by atoms with Crippen LogP contribution < -0.4 is 4.74 Å². The fourth-order valence-electron chi connectivity index (χ4n) is 3.28. The van der Waals surface area contributed by atoms with Crippen molar-refractivity contribution in [3.63, 3.8) is 0 Å². The summed E-state index contributed by atoms with van der Waals surface area (Å²) >= 11 is 1.78. The third-order valence-corrected chi connectivity index (χ3v) is 5.63. The van der Waals surface area contributed by atoms with E-state index in [1.54, 1.807) is 26.0 Å². The molecule has 1 aliphatic rings. The predicted octanol–water partition coefficient (Wildman–Crippen LogP) is 3.67. The van der Waals surface area contributed by atoms with Gasteiger partial charge in [0.1, 0.15) is 18.1 Å². The van der Waals surface area contributed by atoms with Crippen LogP contribution in [0.2, 0.25) is 0 Å². The van der Waals surface area contributed by atoms with Gasteiger partial charge in [0.25, 0.3) is 0 Å². The number of rotatable bonds is 6. The first-order valence-electron chi connectivity index (χ1n) is 9.07. The quantitative estimate of drug-likeness (QED) is 0.471. The number of ether oxygens (including phenoxy) is 2. The molecule has 0 radical (unpaired) electrons. The van der Waals surface area contributed by atoms with E-state index in [1.165, 1.54) is 4.90 Å². The van der Waals surface area contributed by atoms with Gasteiger partial charge in [-0.15, -0.1) is 22.0 Å². The molecule has 0 amide bonds. The Morgan fingerprint density at radius 3 is 2.64 bits per heavy atom. The molecule has 2 heterocycles. The zero-order valence-electron chi connectivity index (χ0n) is 16.2. The molecule has 0 unspecified atom stereocenters. The molecule has 4 rings (SSSR count). The highest BCUT2D eigenvalue weighted by molar-refractivity contribution is 7.99. The first-order valence-corrected chi connectivity index (χ1v) is 10.1. The van der Waals surface area contributed by atoms with Gasteiger partial charge < -0.3 is 9.47 Å². The van der Waals surface area contributed by atoms with Crippen molar-refractivity contribution in [1.29, 1.82) is 0 Å². The normalized spacial score (nSPS) is 12.8. The van der Waals surface area contributed by atoms with E-state index in [-0.39, 0.29) is 0 Å². The summed E-state index contributed by atoms with van der Waals surface area (Å²) in [5.41, 5.74) is 4.04. The molecule has 0 saturated carbocycles. The standard InChI is InChI=1S/C21H22N4O2S/c1-14-23-24-20-13-22-21(15-4-7-17(8-5-15)28-11-10-26-2)18-12-16(27-3)6-9-19(18)25(14)20/h4-9,12H,10-11,13H2,1-3H3. The van der Waals surface area contributed by atoms with Gasteiger partial charge in [-0.2, -0.15) is 0 Å². The van der Waals surface area contributed by atoms with Crippen LogP contribution >= 0.6 is 11.8 Å². The molecular weight excluding hydrogens is 372 g/mol. The summed E-state index contributed by atoms with van der Waals surface area (Å²) < 4.78 is 12.7. The van der Waals surface area contributed by atoms with Crippen molar-refractivity contribution in [1.82, 2.24) is 14.8 Å². The van der Waals surface area contributed by atoms with Crippen LogP contribution in [0.5, 0.6) is 5.75 Å². The van der Waals surface area contributed by atoms with Crippen molar-refractivity contribution in [2.45, 2.75) is 18.4 Å². The molecule has 0 fully saturated rings. The lowest BCUT2D eigenvalue weighted by Gasteiger charge is -2.14. The highest BCUT2D eigenvalue weighted by Crippen LogP contribution is 2.29. The molecule has 0 aliphatic carbocycles. The third-order valence-electron chi connectivity index (χ3n) is 4.65. The van der Waals surface area contributed by atoms with Crippen LogP contribution in [-0.2, 0) is 11.3 Å². The smallest absolute Gasteiger partial charge is 0.159 e. The third kappa shape index (κ3) is 3.55. The maximum absolute atomic E-state index is 5.47. The Morgan fingerprint density at radius 1 is 1.07 bits per heavy atom. The SMILES string of the molecule is COCCSc1ccc(C2=NCc3nnc(C)n3-c3ccc(OC)cc32)cc1. The number of thioether (sulfide) groups is 1. The number of aryl methyl sites for hydroxylation is 1. The number of methoxy groups -OCH3 is 2. The average molecular weight is 395 g/mol. The monoisotopic (exact) mass is 394 g/mol. The van der Waals surface area contributed by atoms with E-state index in [4.69, 9.17) is 14.5 Å². The maximum Gasteiger partial charge on any atom is 0.159 e. The van der Waals surface area contributed by atoms with E-state index in [0.717, 1.165) is 52.3 Å². The van der Waals surface area contributed by atoms with Crippen molar-refractivity contribution >= 4 is 17.5 Å². The van der Waals surface area contributed by atoms with Gasteiger partial charge in [-0.25, -0.2) is 0 Å². The summed E-state index contributed by atoms with van der Waals surface area (Å²) in [5, 5.41) is 8.53. The number of aliphatic imine (C=N–C) groups is 1. The summed E-state index contributed by atoms with van der Waals surface area (Å²) in [5.74, 6) is 3.42.